The highest BCUT2D eigenvalue weighted by atomic mass is 16.5. The lowest BCUT2D eigenvalue weighted by Crippen LogP contribution is -2.20. The molecule has 0 aliphatic rings. The Bertz CT molecular complexity index is 660. The van der Waals surface area contributed by atoms with Gasteiger partial charge in [-0.3, -0.25) is 4.79 Å². The lowest BCUT2D eigenvalue weighted by molar-refractivity contribution is 0.0694. The molecule has 0 aliphatic carbocycles. The number of hydrogen-bond donors (Lipinski definition) is 2. The minimum absolute atomic E-state index is 0.0291. The second-order valence-electron chi connectivity index (χ2n) is 4.08. The van der Waals surface area contributed by atoms with E-state index in [-0.39, 0.29) is 17.7 Å². The third-order valence-electron chi connectivity index (χ3n) is 2.73. The van der Waals surface area contributed by atoms with Gasteiger partial charge in [-0.1, -0.05) is 18.2 Å². The van der Waals surface area contributed by atoms with Gasteiger partial charge < -0.3 is 14.8 Å². The summed E-state index contributed by atoms with van der Waals surface area (Å²) in [5.74, 6) is -0.582. The van der Waals surface area contributed by atoms with Gasteiger partial charge in [0.15, 0.2) is 0 Å². The van der Waals surface area contributed by atoms with Crippen molar-refractivity contribution in [3.63, 3.8) is 0 Å². The van der Waals surface area contributed by atoms with Crippen LogP contribution in [0, 0.1) is 6.92 Å². The van der Waals surface area contributed by atoms with Crippen molar-refractivity contribution in [3.8, 4) is 5.75 Å². The number of benzene rings is 1. The van der Waals surface area contributed by atoms with Crippen LogP contribution < -0.4 is 10.2 Å². The Morgan fingerprint density at radius 1 is 1.32 bits per heavy atom. The lowest BCUT2D eigenvalue weighted by atomic mass is 10.2. The van der Waals surface area contributed by atoms with E-state index in [1.165, 1.54) is 12.4 Å². The topological polar surface area (TPSA) is 79.4 Å². The van der Waals surface area contributed by atoms with Crippen LogP contribution in [0.2, 0.25) is 0 Å². The van der Waals surface area contributed by atoms with Crippen molar-refractivity contribution in [1.82, 2.24) is 4.98 Å². The molecule has 0 unspecified atom stereocenters. The Kier molecular flexibility index (Phi) is 3.66. The number of H-pyrrole nitrogens is 1. The van der Waals surface area contributed by atoms with Crippen LogP contribution in [0.1, 0.15) is 21.5 Å². The number of ether oxygens (including phenoxy) is 1. The largest absolute Gasteiger partial charge is 0.488 e. The molecule has 2 aromatic rings. The minimum atomic E-state index is -1.25. The number of para-hydroxylation sites is 1. The predicted octanol–water partition coefficient (Wildman–Crippen LogP) is 1.96. The highest BCUT2D eigenvalue weighted by molar-refractivity contribution is 5.87. The molecule has 1 aromatic heterocycles. The first kappa shape index (κ1) is 12.9. The van der Waals surface area contributed by atoms with Crippen molar-refractivity contribution in [2.24, 2.45) is 0 Å². The molecule has 0 fully saturated rings. The Morgan fingerprint density at radius 2 is 2.05 bits per heavy atom. The molecule has 2 rings (SSSR count). The normalized spacial score (nSPS) is 10.2. The van der Waals surface area contributed by atoms with E-state index in [2.05, 4.69) is 4.98 Å². The number of aromatic nitrogens is 1. The number of aryl methyl sites for hydroxylation is 1. The highest BCUT2D eigenvalue weighted by Crippen LogP contribution is 2.17. The summed E-state index contributed by atoms with van der Waals surface area (Å²) in [6.45, 7) is 1.93. The third-order valence-corrected chi connectivity index (χ3v) is 2.73. The summed E-state index contributed by atoms with van der Waals surface area (Å²) in [7, 11) is 0. The molecule has 0 atom stereocenters. The first-order valence-electron chi connectivity index (χ1n) is 5.71. The fourth-order valence-electron chi connectivity index (χ4n) is 1.67. The van der Waals surface area contributed by atoms with Gasteiger partial charge in [0.25, 0.3) is 0 Å². The molecule has 0 radical (unpaired) electrons. The molecule has 1 heterocycles. The zero-order valence-corrected chi connectivity index (χ0v) is 10.3. The average Bonchev–Trinajstić information content (AvgIpc) is 2.39. The van der Waals surface area contributed by atoms with Crippen molar-refractivity contribution in [2.75, 3.05) is 0 Å². The first-order valence-corrected chi connectivity index (χ1v) is 5.71. The van der Waals surface area contributed by atoms with Crippen LogP contribution >= 0.6 is 0 Å². The number of rotatable bonds is 4. The fourth-order valence-corrected chi connectivity index (χ4v) is 1.67. The van der Waals surface area contributed by atoms with E-state index in [0.717, 1.165) is 5.56 Å². The fraction of sp³-hybridized carbons (Fsp3) is 0.143. The van der Waals surface area contributed by atoms with Crippen molar-refractivity contribution < 1.29 is 14.6 Å². The highest BCUT2D eigenvalue weighted by Gasteiger charge is 2.12. The van der Waals surface area contributed by atoms with Gasteiger partial charge >= 0.3 is 5.97 Å². The van der Waals surface area contributed by atoms with Gasteiger partial charge in [0.2, 0.25) is 5.43 Å². The van der Waals surface area contributed by atoms with Crippen LogP contribution in [0.15, 0.2) is 41.5 Å². The van der Waals surface area contributed by atoms with Gasteiger partial charge in [-0.05, 0) is 18.6 Å². The summed E-state index contributed by atoms with van der Waals surface area (Å²) in [6, 6.07) is 7.41. The smallest absolute Gasteiger partial charge is 0.341 e. The second-order valence-corrected chi connectivity index (χ2v) is 4.08. The molecular weight excluding hydrogens is 246 g/mol. The summed E-state index contributed by atoms with van der Waals surface area (Å²) in [6.07, 6.45) is 2.62. The first-order chi connectivity index (χ1) is 9.09. The Balaban J connectivity index is 2.21. The number of carboxylic acids is 1. The molecule has 0 aliphatic heterocycles. The SMILES string of the molecule is Cc1ccccc1OCc1c[nH]cc(C(=O)O)c1=O. The molecule has 0 amide bonds. The van der Waals surface area contributed by atoms with Crippen LogP contribution in [-0.2, 0) is 6.61 Å². The molecule has 0 saturated carbocycles. The number of carbonyl (C=O) groups is 1. The third kappa shape index (κ3) is 2.82. The summed E-state index contributed by atoms with van der Waals surface area (Å²) in [5, 5.41) is 8.86. The molecular formula is C14H13NO4. The second kappa shape index (κ2) is 5.39. The van der Waals surface area contributed by atoms with Gasteiger partial charge in [-0.2, -0.15) is 0 Å². The zero-order chi connectivity index (χ0) is 13.8. The molecule has 1 aromatic carbocycles. The van der Waals surface area contributed by atoms with Gasteiger partial charge in [-0.15, -0.1) is 0 Å². The molecule has 19 heavy (non-hydrogen) atoms. The van der Waals surface area contributed by atoms with Crippen LogP contribution in [0.4, 0.5) is 0 Å². The van der Waals surface area contributed by atoms with E-state index in [1.807, 2.05) is 25.1 Å². The van der Waals surface area contributed by atoms with Gasteiger partial charge in [0, 0.05) is 12.4 Å². The molecule has 0 spiro atoms. The number of aromatic carboxylic acids is 1. The quantitative estimate of drug-likeness (QED) is 0.879. The summed E-state index contributed by atoms with van der Waals surface area (Å²) in [5.41, 5.74) is 0.419. The minimum Gasteiger partial charge on any atom is -0.488 e. The van der Waals surface area contributed by atoms with Crippen LogP contribution in [0.5, 0.6) is 5.75 Å². The lowest BCUT2D eigenvalue weighted by Gasteiger charge is -2.08. The molecule has 5 nitrogen and oxygen atoms in total. The van der Waals surface area contributed by atoms with Crippen molar-refractivity contribution in [2.45, 2.75) is 13.5 Å². The summed E-state index contributed by atoms with van der Waals surface area (Å²) >= 11 is 0. The van der Waals surface area contributed by atoms with E-state index >= 15 is 0 Å². The van der Waals surface area contributed by atoms with Crippen molar-refractivity contribution in [3.05, 3.63) is 63.6 Å². The molecule has 0 bridgehead atoms. The van der Waals surface area contributed by atoms with E-state index in [9.17, 15) is 9.59 Å². The monoisotopic (exact) mass is 259 g/mol. The van der Waals surface area contributed by atoms with Crippen molar-refractivity contribution >= 4 is 5.97 Å². The summed E-state index contributed by atoms with van der Waals surface area (Å²) < 4.78 is 5.53. The molecule has 5 heteroatoms. The van der Waals surface area contributed by atoms with E-state index in [0.29, 0.717) is 5.75 Å². The van der Waals surface area contributed by atoms with E-state index < -0.39 is 11.4 Å². The Hall–Kier alpha value is -2.56. The standard InChI is InChI=1S/C14H13NO4/c1-9-4-2-3-5-12(9)19-8-10-6-15-7-11(13(10)16)14(17)18/h2-7H,8H2,1H3,(H,15,16)(H,17,18). The average molecular weight is 259 g/mol. The zero-order valence-electron chi connectivity index (χ0n) is 10.3. The molecule has 98 valence electrons. The molecule has 0 saturated heterocycles. The van der Waals surface area contributed by atoms with Gasteiger partial charge in [0.05, 0.1) is 5.56 Å². The van der Waals surface area contributed by atoms with Crippen LogP contribution in [0.25, 0.3) is 0 Å². The van der Waals surface area contributed by atoms with Gasteiger partial charge in [-0.25, -0.2) is 4.79 Å². The van der Waals surface area contributed by atoms with Gasteiger partial charge in [0.1, 0.15) is 17.9 Å². The maximum absolute atomic E-state index is 11.8. The number of aromatic amines is 1. The number of carboxylic acid groups (broad SMARTS) is 1. The Morgan fingerprint density at radius 3 is 2.74 bits per heavy atom. The maximum Gasteiger partial charge on any atom is 0.341 e. The maximum atomic E-state index is 11.8. The van der Waals surface area contributed by atoms with Crippen molar-refractivity contribution in [1.29, 1.82) is 0 Å². The van der Waals surface area contributed by atoms with E-state index in [4.69, 9.17) is 9.84 Å². The number of pyridine rings is 1. The predicted molar refractivity (Wildman–Crippen MR) is 69.5 cm³/mol. The number of hydrogen-bond acceptors (Lipinski definition) is 3. The van der Waals surface area contributed by atoms with Crippen LogP contribution in [-0.4, -0.2) is 16.1 Å². The summed E-state index contributed by atoms with van der Waals surface area (Å²) in [4.78, 5) is 25.3. The van der Waals surface area contributed by atoms with Crippen LogP contribution in [0.3, 0.4) is 0 Å². The Labute approximate surface area is 109 Å². The van der Waals surface area contributed by atoms with E-state index in [1.54, 1.807) is 6.07 Å². The molecule has 2 N–H and O–H groups in total. The number of nitrogens with one attached hydrogen (secondary N) is 1.